The number of hydrogen-bond acceptors (Lipinski definition) is 2. The van der Waals surface area contributed by atoms with E-state index < -0.39 is 0 Å². The Kier molecular flexibility index (Phi) is 6.71. The number of hydrogen-bond donors (Lipinski definition) is 0. The van der Waals surface area contributed by atoms with Gasteiger partial charge in [0.15, 0.2) is 0 Å². The summed E-state index contributed by atoms with van der Waals surface area (Å²) >= 11 is 0. The Bertz CT molecular complexity index is 766. The molecule has 1 heterocycles. The maximum absolute atomic E-state index is 4.35. The maximum atomic E-state index is 4.35. The van der Waals surface area contributed by atoms with Crippen molar-refractivity contribution in [2.45, 2.75) is 57.9 Å². The van der Waals surface area contributed by atoms with Gasteiger partial charge >= 0.3 is 0 Å². The van der Waals surface area contributed by atoms with E-state index in [-0.39, 0.29) is 0 Å². The zero-order valence-corrected chi connectivity index (χ0v) is 18.0. The van der Waals surface area contributed by atoms with Crippen LogP contribution in [0.5, 0.6) is 0 Å². The number of piperidine rings is 1. The molecule has 0 N–H and O–H groups in total. The van der Waals surface area contributed by atoms with Crippen LogP contribution < -0.4 is 4.90 Å². The van der Waals surface area contributed by atoms with Crippen molar-refractivity contribution in [3.05, 3.63) is 72.3 Å². The van der Waals surface area contributed by atoms with Gasteiger partial charge in [-0.3, -0.25) is 0 Å². The van der Waals surface area contributed by atoms with Gasteiger partial charge in [-0.25, -0.2) is 0 Å². The van der Waals surface area contributed by atoms with Crippen LogP contribution in [0, 0.1) is 5.92 Å². The molecule has 0 spiro atoms. The van der Waals surface area contributed by atoms with Crippen LogP contribution in [0.1, 0.15) is 56.6 Å². The first kappa shape index (κ1) is 20.2. The van der Waals surface area contributed by atoms with E-state index >= 15 is 0 Å². The highest BCUT2D eigenvalue weighted by molar-refractivity contribution is 5.77. The summed E-state index contributed by atoms with van der Waals surface area (Å²) in [6.45, 7) is 10.1. The lowest BCUT2D eigenvalue weighted by atomic mass is 9.89. The van der Waals surface area contributed by atoms with Crippen LogP contribution in [0.2, 0.25) is 0 Å². The van der Waals surface area contributed by atoms with Crippen LogP contribution in [0.4, 0.5) is 5.69 Å². The summed E-state index contributed by atoms with van der Waals surface area (Å²) in [7, 11) is 0. The predicted molar refractivity (Wildman–Crippen MR) is 125 cm³/mol. The summed E-state index contributed by atoms with van der Waals surface area (Å²) in [6.07, 6.45) is 9.73. The smallest absolute Gasteiger partial charge is 0.0411 e. The van der Waals surface area contributed by atoms with Crippen LogP contribution in [-0.4, -0.2) is 30.6 Å². The van der Waals surface area contributed by atoms with E-state index in [1.807, 2.05) is 0 Å². The Morgan fingerprint density at radius 3 is 2.21 bits per heavy atom. The van der Waals surface area contributed by atoms with E-state index in [9.17, 15) is 0 Å². The summed E-state index contributed by atoms with van der Waals surface area (Å²) < 4.78 is 0. The van der Waals surface area contributed by atoms with E-state index in [0.717, 1.165) is 24.2 Å². The van der Waals surface area contributed by atoms with E-state index in [4.69, 9.17) is 0 Å². The zero-order chi connectivity index (χ0) is 20.1. The molecule has 1 saturated heterocycles. The van der Waals surface area contributed by atoms with Crippen LogP contribution in [-0.2, 0) is 6.42 Å². The summed E-state index contributed by atoms with van der Waals surface area (Å²) in [5, 5.41) is 0. The number of rotatable bonds is 7. The lowest BCUT2D eigenvalue weighted by Crippen LogP contribution is -2.40. The van der Waals surface area contributed by atoms with E-state index in [2.05, 4.69) is 77.9 Å². The molecule has 0 aromatic heterocycles. The zero-order valence-electron chi connectivity index (χ0n) is 18.0. The van der Waals surface area contributed by atoms with Crippen molar-refractivity contribution in [3.63, 3.8) is 0 Å². The molecule has 1 saturated carbocycles. The highest BCUT2D eigenvalue weighted by Gasteiger charge is 2.27. The Hall–Kier alpha value is -2.06. The Labute approximate surface area is 177 Å². The molecule has 0 radical (unpaired) electrons. The number of anilines is 1. The van der Waals surface area contributed by atoms with Gasteiger partial charge < -0.3 is 9.80 Å². The summed E-state index contributed by atoms with van der Waals surface area (Å²) in [6, 6.07) is 20.6. The summed E-state index contributed by atoms with van der Waals surface area (Å²) in [5.74, 6) is 0.847. The van der Waals surface area contributed by atoms with Gasteiger partial charge in [0.05, 0.1) is 0 Å². The van der Waals surface area contributed by atoms with Crippen LogP contribution in [0.3, 0.4) is 0 Å². The largest absolute Gasteiger partial charge is 0.342 e. The van der Waals surface area contributed by atoms with Crippen molar-refractivity contribution in [2.75, 3.05) is 24.5 Å². The Balaban J connectivity index is 1.33. The lowest BCUT2D eigenvalue weighted by molar-refractivity contribution is 0.134. The first-order valence-electron chi connectivity index (χ1n) is 11.6. The second kappa shape index (κ2) is 9.63. The average Bonchev–Trinajstić information content (AvgIpc) is 3.31. The fraction of sp³-hybridized carbons (Fsp3) is 0.481. The third kappa shape index (κ3) is 4.93. The second-order valence-corrected chi connectivity index (χ2v) is 8.85. The monoisotopic (exact) mass is 388 g/mol. The molecule has 2 aromatic carbocycles. The van der Waals surface area contributed by atoms with Gasteiger partial charge in [0.2, 0.25) is 0 Å². The van der Waals surface area contributed by atoms with Crippen molar-refractivity contribution in [2.24, 2.45) is 5.92 Å². The molecule has 2 nitrogen and oxygen atoms in total. The van der Waals surface area contributed by atoms with Crippen LogP contribution >= 0.6 is 0 Å². The van der Waals surface area contributed by atoms with Gasteiger partial charge in [0.25, 0.3) is 0 Å². The van der Waals surface area contributed by atoms with Gasteiger partial charge in [-0.05, 0) is 81.3 Å². The molecule has 0 atom stereocenters. The molecule has 2 aromatic rings. The predicted octanol–water partition coefficient (Wildman–Crippen LogP) is 6.38. The molecule has 4 rings (SSSR count). The maximum Gasteiger partial charge on any atom is 0.0411 e. The van der Waals surface area contributed by atoms with E-state index in [1.165, 1.54) is 74.8 Å². The number of benzene rings is 2. The second-order valence-electron chi connectivity index (χ2n) is 8.85. The molecule has 2 fully saturated rings. The minimum absolute atomic E-state index is 0.847. The quantitative estimate of drug-likeness (QED) is 0.543. The van der Waals surface area contributed by atoms with E-state index in [0.29, 0.717) is 0 Å². The third-order valence-electron chi connectivity index (χ3n) is 7.01. The Morgan fingerprint density at radius 1 is 0.931 bits per heavy atom. The fourth-order valence-corrected chi connectivity index (χ4v) is 5.25. The first-order valence-corrected chi connectivity index (χ1v) is 11.6. The SMILES string of the molecule is C=C(c1ccccc1)N(CC)c1ccc(CC2CCN(C3CCCC3)CC2)cc1. The summed E-state index contributed by atoms with van der Waals surface area (Å²) in [4.78, 5) is 5.08. The molecule has 0 bridgehead atoms. The van der Waals surface area contributed by atoms with Gasteiger partial charge in [-0.1, -0.05) is 61.9 Å². The normalized spacial score (nSPS) is 18.8. The molecule has 1 aliphatic heterocycles. The topological polar surface area (TPSA) is 6.48 Å². The van der Waals surface area contributed by atoms with E-state index in [1.54, 1.807) is 0 Å². The van der Waals surface area contributed by atoms with Crippen molar-refractivity contribution in [1.29, 1.82) is 0 Å². The third-order valence-corrected chi connectivity index (χ3v) is 7.01. The molecule has 2 aliphatic rings. The van der Waals surface area contributed by atoms with Crippen molar-refractivity contribution in [1.82, 2.24) is 4.90 Å². The molecule has 154 valence electrons. The standard InChI is InChI=1S/C27H36N2/c1-3-29(22(2)25-9-5-4-6-10-25)27-15-13-23(14-16-27)21-24-17-19-28(20-18-24)26-11-7-8-12-26/h4-6,9-10,13-16,24,26H,2-3,7-8,11-12,17-21H2,1H3. The van der Waals surface area contributed by atoms with Gasteiger partial charge in [0.1, 0.15) is 0 Å². The van der Waals surface area contributed by atoms with Crippen molar-refractivity contribution < 1.29 is 0 Å². The molecule has 29 heavy (non-hydrogen) atoms. The van der Waals surface area contributed by atoms with Gasteiger partial charge in [-0.15, -0.1) is 0 Å². The Morgan fingerprint density at radius 2 is 1.59 bits per heavy atom. The number of likely N-dealkylation sites (tertiary alicyclic amines) is 1. The van der Waals surface area contributed by atoms with Gasteiger partial charge in [0, 0.05) is 24.0 Å². The van der Waals surface area contributed by atoms with Gasteiger partial charge in [-0.2, -0.15) is 0 Å². The lowest BCUT2D eigenvalue weighted by Gasteiger charge is -2.36. The molecule has 2 heteroatoms. The molecule has 0 unspecified atom stereocenters. The number of nitrogens with zero attached hydrogens (tertiary/aromatic N) is 2. The fourth-order valence-electron chi connectivity index (χ4n) is 5.25. The van der Waals surface area contributed by atoms with Crippen LogP contribution in [0.15, 0.2) is 61.2 Å². The molecule has 1 aliphatic carbocycles. The molecule has 0 amide bonds. The van der Waals surface area contributed by atoms with Crippen molar-refractivity contribution in [3.8, 4) is 0 Å². The minimum Gasteiger partial charge on any atom is -0.342 e. The molecular weight excluding hydrogens is 352 g/mol. The average molecular weight is 389 g/mol. The van der Waals surface area contributed by atoms with Crippen LogP contribution in [0.25, 0.3) is 5.70 Å². The summed E-state index contributed by atoms with van der Waals surface area (Å²) in [5.41, 5.74) is 4.98. The highest BCUT2D eigenvalue weighted by atomic mass is 15.2. The highest BCUT2D eigenvalue weighted by Crippen LogP contribution is 2.30. The van der Waals surface area contributed by atoms with Crippen molar-refractivity contribution >= 4 is 11.4 Å². The minimum atomic E-state index is 0.847. The molecular formula is C27H36N2. The first-order chi connectivity index (χ1) is 14.2.